The van der Waals surface area contributed by atoms with Gasteiger partial charge >= 0.3 is 0 Å². The van der Waals surface area contributed by atoms with E-state index >= 15 is 0 Å². The van der Waals surface area contributed by atoms with Crippen LogP contribution in [-0.2, 0) is 14.8 Å². The minimum Gasteiger partial charge on any atom is -0.497 e. The second-order valence-electron chi connectivity index (χ2n) is 7.72. The molecule has 1 saturated heterocycles. The quantitative estimate of drug-likeness (QED) is 0.595. The van der Waals surface area contributed by atoms with Crippen molar-refractivity contribution in [1.82, 2.24) is 9.62 Å². The van der Waals surface area contributed by atoms with Crippen LogP contribution in [0.4, 0.5) is 5.69 Å². The van der Waals surface area contributed by atoms with E-state index in [2.05, 4.69) is 9.62 Å². The lowest BCUT2D eigenvalue weighted by atomic mass is 10.1. The summed E-state index contributed by atoms with van der Waals surface area (Å²) in [6.07, 6.45) is 0.134. The van der Waals surface area contributed by atoms with E-state index in [1.807, 2.05) is 48.5 Å². The van der Waals surface area contributed by atoms with Crippen molar-refractivity contribution in [2.24, 2.45) is 0 Å². The first kappa shape index (κ1) is 22.1. The zero-order valence-electron chi connectivity index (χ0n) is 18.0. The van der Waals surface area contributed by atoms with Crippen molar-refractivity contribution in [1.29, 1.82) is 0 Å². The van der Waals surface area contributed by atoms with Gasteiger partial charge < -0.3 is 14.5 Å². The summed E-state index contributed by atoms with van der Waals surface area (Å²) in [4.78, 5) is 16.8. The molecular weight excluding hydrogens is 426 g/mol. The molecule has 1 N–H and O–H groups in total. The van der Waals surface area contributed by atoms with Crippen LogP contribution in [0.5, 0.6) is 5.75 Å². The van der Waals surface area contributed by atoms with Gasteiger partial charge in [-0.3, -0.25) is 4.79 Å². The van der Waals surface area contributed by atoms with Gasteiger partial charge in [-0.2, -0.15) is 0 Å². The maximum absolute atomic E-state index is 12.6. The summed E-state index contributed by atoms with van der Waals surface area (Å²) < 4.78 is 33.0. The summed E-state index contributed by atoms with van der Waals surface area (Å²) in [6, 6.07) is 20.5. The van der Waals surface area contributed by atoms with E-state index in [1.165, 1.54) is 0 Å². The number of piperazine rings is 1. The lowest BCUT2D eigenvalue weighted by Crippen LogP contribution is -2.49. The highest BCUT2D eigenvalue weighted by Gasteiger charge is 2.22. The summed E-state index contributed by atoms with van der Waals surface area (Å²) in [5, 5.41) is 1.84. The average molecular weight is 454 g/mol. The van der Waals surface area contributed by atoms with E-state index < -0.39 is 10.0 Å². The van der Waals surface area contributed by atoms with Gasteiger partial charge in [0.1, 0.15) is 5.75 Å². The first-order valence-corrected chi connectivity index (χ1v) is 12.1. The number of sulfonamides is 1. The smallest absolute Gasteiger partial charge is 0.240 e. The second kappa shape index (κ2) is 9.58. The zero-order valence-corrected chi connectivity index (χ0v) is 18.8. The van der Waals surface area contributed by atoms with Crippen molar-refractivity contribution in [3.8, 4) is 5.75 Å². The largest absolute Gasteiger partial charge is 0.497 e. The molecule has 0 atom stereocenters. The number of methoxy groups -OCH3 is 1. The van der Waals surface area contributed by atoms with Crippen LogP contribution < -0.4 is 14.4 Å². The Morgan fingerprint density at radius 1 is 0.938 bits per heavy atom. The summed E-state index contributed by atoms with van der Waals surface area (Å²) in [5.74, 6) is 0.772. The van der Waals surface area contributed by atoms with E-state index in [4.69, 9.17) is 4.74 Å². The predicted molar refractivity (Wildman–Crippen MR) is 126 cm³/mol. The molecule has 1 amide bonds. The van der Waals surface area contributed by atoms with Gasteiger partial charge in [0.25, 0.3) is 0 Å². The molecule has 0 aromatic heterocycles. The number of rotatable bonds is 7. The molecule has 4 rings (SSSR count). The third kappa shape index (κ3) is 5.03. The third-order valence-corrected chi connectivity index (χ3v) is 7.19. The van der Waals surface area contributed by atoms with Gasteiger partial charge in [0.2, 0.25) is 15.9 Å². The molecule has 0 aliphatic carbocycles. The molecule has 168 valence electrons. The van der Waals surface area contributed by atoms with Crippen LogP contribution >= 0.6 is 0 Å². The Kier molecular flexibility index (Phi) is 6.62. The number of carbonyl (C=O) groups is 1. The van der Waals surface area contributed by atoms with Crippen molar-refractivity contribution < 1.29 is 17.9 Å². The normalized spacial score (nSPS) is 14.5. The molecule has 1 aliphatic heterocycles. The molecule has 3 aromatic carbocycles. The molecule has 0 spiro atoms. The summed E-state index contributed by atoms with van der Waals surface area (Å²) in [6.45, 7) is 2.78. The first-order valence-electron chi connectivity index (χ1n) is 10.6. The number of carbonyl (C=O) groups excluding carboxylic acids is 1. The average Bonchev–Trinajstić information content (AvgIpc) is 2.83. The minimum absolute atomic E-state index is 0.0411. The molecule has 32 heavy (non-hydrogen) atoms. The molecule has 0 saturated carbocycles. The van der Waals surface area contributed by atoms with Gasteiger partial charge in [0, 0.05) is 44.8 Å². The van der Waals surface area contributed by atoms with Crippen LogP contribution in [0.25, 0.3) is 10.8 Å². The van der Waals surface area contributed by atoms with Crippen molar-refractivity contribution >= 4 is 32.4 Å². The molecular formula is C24H27N3O4S. The fourth-order valence-corrected chi connectivity index (χ4v) is 4.94. The first-order chi connectivity index (χ1) is 15.5. The van der Waals surface area contributed by atoms with Gasteiger partial charge in [-0.1, -0.05) is 30.3 Å². The van der Waals surface area contributed by atoms with Crippen LogP contribution in [-0.4, -0.2) is 59.1 Å². The van der Waals surface area contributed by atoms with Gasteiger partial charge in [0.15, 0.2) is 0 Å². The number of benzene rings is 3. The number of hydrogen-bond acceptors (Lipinski definition) is 5. The molecule has 0 bridgehead atoms. The highest BCUT2D eigenvalue weighted by Crippen LogP contribution is 2.21. The lowest BCUT2D eigenvalue weighted by Gasteiger charge is -2.36. The van der Waals surface area contributed by atoms with E-state index in [9.17, 15) is 13.2 Å². The van der Waals surface area contributed by atoms with E-state index in [0.717, 1.165) is 35.3 Å². The Hall–Kier alpha value is -3.10. The van der Waals surface area contributed by atoms with Gasteiger partial charge in [-0.25, -0.2) is 13.1 Å². The maximum Gasteiger partial charge on any atom is 0.240 e. The number of fused-ring (bicyclic) bond motifs is 1. The molecule has 0 unspecified atom stereocenters. The van der Waals surface area contributed by atoms with Gasteiger partial charge in [-0.05, 0) is 47.2 Å². The molecule has 8 heteroatoms. The fraction of sp³-hybridized carbons (Fsp3) is 0.292. The van der Waals surface area contributed by atoms with Crippen molar-refractivity contribution in [2.45, 2.75) is 11.3 Å². The van der Waals surface area contributed by atoms with Crippen LogP contribution in [0.2, 0.25) is 0 Å². The van der Waals surface area contributed by atoms with E-state index in [1.54, 1.807) is 30.2 Å². The monoisotopic (exact) mass is 453 g/mol. The minimum atomic E-state index is -3.67. The highest BCUT2D eigenvalue weighted by molar-refractivity contribution is 7.89. The molecule has 0 radical (unpaired) electrons. The summed E-state index contributed by atoms with van der Waals surface area (Å²) in [5.41, 5.74) is 1.10. The number of nitrogens with zero attached hydrogens (tertiary/aromatic N) is 2. The zero-order chi connectivity index (χ0) is 22.6. The van der Waals surface area contributed by atoms with Crippen LogP contribution in [0.1, 0.15) is 6.42 Å². The Morgan fingerprint density at radius 2 is 1.62 bits per heavy atom. The van der Waals surface area contributed by atoms with Crippen molar-refractivity contribution in [2.75, 3.05) is 44.7 Å². The van der Waals surface area contributed by atoms with Gasteiger partial charge in [0.05, 0.1) is 12.0 Å². The lowest BCUT2D eigenvalue weighted by molar-refractivity contribution is -0.131. The van der Waals surface area contributed by atoms with E-state index in [0.29, 0.717) is 13.1 Å². The van der Waals surface area contributed by atoms with Crippen LogP contribution in [0, 0.1) is 0 Å². The maximum atomic E-state index is 12.6. The highest BCUT2D eigenvalue weighted by atomic mass is 32.2. The van der Waals surface area contributed by atoms with Gasteiger partial charge in [-0.15, -0.1) is 0 Å². The number of nitrogens with one attached hydrogen (secondary N) is 1. The topological polar surface area (TPSA) is 79.0 Å². The molecule has 7 nitrogen and oxygen atoms in total. The molecule has 1 heterocycles. The van der Waals surface area contributed by atoms with Crippen LogP contribution in [0.3, 0.4) is 0 Å². The van der Waals surface area contributed by atoms with E-state index in [-0.39, 0.29) is 23.8 Å². The Labute approximate surface area is 188 Å². The second-order valence-corrected chi connectivity index (χ2v) is 9.49. The van der Waals surface area contributed by atoms with Crippen LogP contribution in [0.15, 0.2) is 71.6 Å². The standard InChI is InChI=1S/C24H27N3O4S/c1-31-22-9-7-21(8-10-22)26-14-16-27(17-15-26)24(28)12-13-25-32(29,30)23-11-6-19-4-2-3-5-20(19)18-23/h2-11,18,25H,12-17H2,1H3. The fourth-order valence-electron chi connectivity index (χ4n) is 3.88. The number of ether oxygens (including phenoxy) is 1. The predicted octanol–water partition coefficient (Wildman–Crippen LogP) is 2.87. The Morgan fingerprint density at radius 3 is 2.31 bits per heavy atom. The number of anilines is 1. The van der Waals surface area contributed by atoms with Crippen molar-refractivity contribution in [3.05, 3.63) is 66.7 Å². The SMILES string of the molecule is COc1ccc(N2CCN(C(=O)CCNS(=O)(=O)c3ccc4ccccc4c3)CC2)cc1. The summed E-state index contributed by atoms with van der Waals surface area (Å²) in [7, 11) is -2.03. The van der Waals surface area contributed by atoms with Crippen molar-refractivity contribution in [3.63, 3.8) is 0 Å². The Balaban J connectivity index is 1.27. The summed E-state index contributed by atoms with van der Waals surface area (Å²) >= 11 is 0. The number of amides is 1. The molecule has 3 aromatic rings. The Bertz CT molecular complexity index is 1190. The molecule has 1 aliphatic rings. The molecule has 1 fully saturated rings. The number of hydrogen-bond donors (Lipinski definition) is 1. The third-order valence-electron chi connectivity index (χ3n) is 5.73.